The number of nitrogens with one attached hydrogen (secondary N) is 1. The van der Waals surface area contributed by atoms with Gasteiger partial charge in [-0.2, -0.15) is 0 Å². The molecule has 0 radical (unpaired) electrons. The van der Waals surface area contributed by atoms with Gasteiger partial charge in [-0.05, 0) is 49.5 Å². The van der Waals surface area contributed by atoms with E-state index < -0.39 is 0 Å². The minimum atomic E-state index is -0.0312. The van der Waals surface area contributed by atoms with Crippen LogP contribution in [-0.2, 0) is 9.59 Å². The lowest BCUT2D eigenvalue weighted by atomic mass is 9.95. The van der Waals surface area contributed by atoms with Crippen molar-refractivity contribution in [1.29, 1.82) is 0 Å². The molecule has 1 aliphatic heterocycles. The van der Waals surface area contributed by atoms with Crippen molar-refractivity contribution in [2.45, 2.75) is 32.7 Å². The number of benzene rings is 1. The smallest absolute Gasteiger partial charge is 0.234 e. The molecule has 1 fully saturated rings. The summed E-state index contributed by atoms with van der Waals surface area (Å²) in [6.45, 7) is 6.16. The van der Waals surface area contributed by atoms with Crippen LogP contribution in [0.2, 0.25) is 0 Å². The van der Waals surface area contributed by atoms with Crippen LogP contribution >= 0.6 is 0 Å². The van der Waals surface area contributed by atoms with Crippen LogP contribution in [-0.4, -0.2) is 62.5 Å². The van der Waals surface area contributed by atoms with E-state index in [-0.39, 0.29) is 29.7 Å². The molecular weight excluding hydrogens is 342 g/mol. The van der Waals surface area contributed by atoms with Crippen molar-refractivity contribution in [1.82, 2.24) is 15.1 Å². The molecule has 0 aliphatic carbocycles. The maximum atomic E-state index is 12.6. The first-order chi connectivity index (χ1) is 12.8. The molecule has 0 saturated carbocycles. The van der Waals surface area contributed by atoms with Gasteiger partial charge in [-0.25, -0.2) is 0 Å². The van der Waals surface area contributed by atoms with Crippen LogP contribution in [0.15, 0.2) is 24.3 Å². The summed E-state index contributed by atoms with van der Waals surface area (Å²) in [6, 6.07) is 7.81. The summed E-state index contributed by atoms with van der Waals surface area (Å²) < 4.78 is 5.21. The molecule has 1 heterocycles. The molecule has 1 aromatic carbocycles. The van der Waals surface area contributed by atoms with Gasteiger partial charge >= 0.3 is 0 Å². The van der Waals surface area contributed by atoms with Gasteiger partial charge in [-0.15, -0.1) is 0 Å². The Hall–Kier alpha value is -2.08. The second-order valence-electron chi connectivity index (χ2n) is 7.85. The second-order valence-corrected chi connectivity index (χ2v) is 7.85. The van der Waals surface area contributed by atoms with Gasteiger partial charge in [0.2, 0.25) is 11.8 Å². The highest BCUT2D eigenvalue weighted by atomic mass is 16.5. The highest BCUT2D eigenvalue weighted by Gasteiger charge is 2.27. The third-order valence-corrected chi connectivity index (χ3v) is 5.20. The zero-order valence-corrected chi connectivity index (χ0v) is 17.2. The van der Waals surface area contributed by atoms with Crippen molar-refractivity contribution in [2.24, 2.45) is 11.8 Å². The molecule has 6 heteroatoms. The Labute approximate surface area is 162 Å². The molecule has 1 saturated heterocycles. The highest BCUT2D eigenvalue weighted by molar-refractivity contribution is 5.79. The van der Waals surface area contributed by atoms with Gasteiger partial charge in [0.05, 0.1) is 19.7 Å². The van der Waals surface area contributed by atoms with E-state index in [0.29, 0.717) is 6.54 Å². The number of likely N-dealkylation sites (tertiary alicyclic amines) is 1. The van der Waals surface area contributed by atoms with Crippen molar-refractivity contribution in [3.8, 4) is 5.75 Å². The number of carbonyl (C=O) groups excluding carboxylic acids is 2. The average molecular weight is 376 g/mol. The Morgan fingerprint density at radius 2 is 1.78 bits per heavy atom. The summed E-state index contributed by atoms with van der Waals surface area (Å²) in [5.74, 6) is 1.40. The lowest BCUT2D eigenvalue weighted by molar-refractivity contribution is -0.134. The average Bonchev–Trinajstić information content (AvgIpc) is 2.66. The van der Waals surface area contributed by atoms with Gasteiger partial charge in [0, 0.05) is 20.0 Å². The number of methoxy groups -OCH3 is 1. The number of nitrogens with zero attached hydrogens (tertiary/aromatic N) is 2. The first-order valence-electron chi connectivity index (χ1n) is 9.68. The molecule has 1 aromatic rings. The number of amides is 2. The van der Waals surface area contributed by atoms with Crippen molar-refractivity contribution in [3.63, 3.8) is 0 Å². The fourth-order valence-corrected chi connectivity index (χ4v) is 3.57. The number of rotatable bonds is 7. The van der Waals surface area contributed by atoms with E-state index in [0.717, 1.165) is 37.2 Å². The zero-order chi connectivity index (χ0) is 20.0. The number of hydrogen-bond acceptors (Lipinski definition) is 4. The Kier molecular flexibility index (Phi) is 7.66. The summed E-state index contributed by atoms with van der Waals surface area (Å²) >= 11 is 0. The minimum absolute atomic E-state index is 0.0295. The van der Waals surface area contributed by atoms with E-state index in [1.807, 2.05) is 24.3 Å². The van der Waals surface area contributed by atoms with Gasteiger partial charge in [0.15, 0.2) is 0 Å². The van der Waals surface area contributed by atoms with Gasteiger partial charge in [-0.3, -0.25) is 14.5 Å². The number of hydrogen-bond donors (Lipinski definition) is 1. The van der Waals surface area contributed by atoms with Gasteiger partial charge < -0.3 is 15.0 Å². The van der Waals surface area contributed by atoms with Crippen LogP contribution < -0.4 is 10.1 Å². The van der Waals surface area contributed by atoms with Crippen molar-refractivity contribution in [2.75, 3.05) is 40.8 Å². The molecule has 1 aliphatic rings. The number of carbonyl (C=O) groups is 2. The Bertz CT molecular complexity index is 620. The molecule has 150 valence electrons. The predicted octanol–water partition coefficient (Wildman–Crippen LogP) is 2.31. The van der Waals surface area contributed by atoms with Crippen LogP contribution in [0.5, 0.6) is 5.75 Å². The van der Waals surface area contributed by atoms with E-state index in [2.05, 4.69) is 24.1 Å². The number of ether oxygens (including phenoxy) is 1. The fraction of sp³-hybridized carbons (Fsp3) is 0.619. The lowest BCUT2D eigenvalue weighted by Gasteiger charge is -2.32. The molecular formula is C21H33N3O3. The highest BCUT2D eigenvalue weighted by Crippen LogP contribution is 2.24. The molecule has 2 amide bonds. The van der Waals surface area contributed by atoms with E-state index in [1.54, 1.807) is 26.1 Å². The third kappa shape index (κ3) is 5.96. The van der Waals surface area contributed by atoms with Crippen molar-refractivity contribution in [3.05, 3.63) is 29.8 Å². The standard InChI is InChI=1S/C21H33N3O3/c1-15(2)20(16-6-8-18(27-5)9-7-16)22-19(25)14-24-12-10-17(11-13-24)21(26)23(3)4/h6-9,15,17,20H,10-14H2,1-5H3,(H,22,25). The molecule has 1 N–H and O–H groups in total. The second kappa shape index (κ2) is 9.74. The largest absolute Gasteiger partial charge is 0.497 e. The molecule has 2 rings (SSSR count). The molecule has 6 nitrogen and oxygen atoms in total. The zero-order valence-electron chi connectivity index (χ0n) is 17.2. The topological polar surface area (TPSA) is 61.9 Å². The van der Waals surface area contributed by atoms with Crippen LogP contribution in [0.4, 0.5) is 0 Å². The van der Waals surface area contributed by atoms with Crippen LogP contribution in [0.1, 0.15) is 38.3 Å². The summed E-state index contributed by atoms with van der Waals surface area (Å²) in [5.41, 5.74) is 1.08. The lowest BCUT2D eigenvalue weighted by Crippen LogP contribution is -2.45. The van der Waals surface area contributed by atoms with Crippen LogP contribution in [0.25, 0.3) is 0 Å². The summed E-state index contributed by atoms with van der Waals surface area (Å²) in [6.07, 6.45) is 1.63. The minimum Gasteiger partial charge on any atom is -0.497 e. The van der Waals surface area contributed by atoms with Crippen LogP contribution in [0, 0.1) is 11.8 Å². The molecule has 1 atom stereocenters. The van der Waals surface area contributed by atoms with E-state index >= 15 is 0 Å². The first kappa shape index (κ1) is 21.2. The fourth-order valence-electron chi connectivity index (χ4n) is 3.57. The van der Waals surface area contributed by atoms with Gasteiger partial charge in [0.25, 0.3) is 0 Å². The summed E-state index contributed by atoms with van der Waals surface area (Å²) in [7, 11) is 5.24. The number of piperidine rings is 1. The maximum absolute atomic E-state index is 12.6. The quantitative estimate of drug-likeness (QED) is 0.794. The van der Waals surface area contributed by atoms with Gasteiger partial charge in [-0.1, -0.05) is 26.0 Å². The Morgan fingerprint density at radius 3 is 2.26 bits per heavy atom. The molecule has 0 bridgehead atoms. The normalized spacial score (nSPS) is 16.8. The molecule has 0 spiro atoms. The van der Waals surface area contributed by atoms with Crippen LogP contribution in [0.3, 0.4) is 0 Å². The van der Waals surface area contributed by atoms with Crippen molar-refractivity contribution < 1.29 is 14.3 Å². The Balaban J connectivity index is 1.88. The first-order valence-corrected chi connectivity index (χ1v) is 9.68. The molecule has 1 unspecified atom stereocenters. The predicted molar refractivity (Wildman–Crippen MR) is 107 cm³/mol. The van der Waals surface area contributed by atoms with E-state index in [1.165, 1.54) is 0 Å². The Morgan fingerprint density at radius 1 is 1.19 bits per heavy atom. The SMILES string of the molecule is COc1ccc(C(NC(=O)CN2CCC(C(=O)N(C)C)CC2)C(C)C)cc1. The summed E-state index contributed by atoms with van der Waals surface area (Å²) in [4.78, 5) is 28.5. The van der Waals surface area contributed by atoms with E-state index in [9.17, 15) is 9.59 Å². The van der Waals surface area contributed by atoms with Gasteiger partial charge in [0.1, 0.15) is 5.75 Å². The third-order valence-electron chi connectivity index (χ3n) is 5.20. The molecule has 27 heavy (non-hydrogen) atoms. The summed E-state index contributed by atoms with van der Waals surface area (Å²) in [5, 5.41) is 3.17. The van der Waals surface area contributed by atoms with E-state index in [4.69, 9.17) is 4.74 Å². The maximum Gasteiger partial charge on any atom is 0.234 e. The monoisotopic (exact) mass is 375 g/mol. The van der Waals surface area contributed by atoms with Crippen molar-refractivity contribution >= 4 is 11.8 Å². The molecule has 0 aromatic heterocycles.